The van der Waals surface area contributed by atoms with E-state index in [2.05, 4.69) is 189 Å². The van der Waals surface area contributed by atoms with Gasteiger partial charge in [-0.25, -0.2) is 0 Å². The van der Waals surface area contributed by atoms with Crippen LogP contribution < -0.4 is 0 Å². The summed E-state index contributed by atoms with van der Waals surface area (Å²) in [6.07, 6.45) is 7.43. The van der Waals surface area contributed by atoms with E-state index in [0.29, 0.717) is 11.1 Å². The third-order valence-electron chi connectivity index (χ3n) is 12.6. The lowest BCUT2D eigenvalue weighted by Gasteiger charge is -2.42. The molecule has 8 rings (SSSR count). The van der Waals surface area contributed by atoms with Crippen LogP contribution in [0.2, 0.25) is 11.1 Å². The van der Waals surface area contributed by atoms with Crippen molar-refractivity contribution < 1.29 is 0 Å². The van der Waals surface area contributed by atoms with Crippen molar-refractivity contribution in [2.75, 3.05) is 0 Å². The number of rotatable bonds is 8. The van der Waals surface area contributed by atoms with E-state index >= 15 is 0 Å². The fourth-order valence-electron chi connectivity index (χ4n) is 10.4. The molecule has 2 aliphatic rings. The van der Waals surface area contributed by atoms with Crippen LogP contribution in [0.4, 0.5) is 0 Å². The Balaban J connectivity index is 1.27. The Hall–Kier alpha value is -4.98. The van der Waals surface area contributed by atoms with Crippen molar-refractivity contribution in [2.45, 2.75) is 79.3 Å². The number of fused-ring (bicyclic) bond motifs is 2. The molecular weight excluding hydrogens is 653 g/mol. The molecular formula is C52H52Si. The molecule has 0 saturated carbocycles. The number of benzene rings is 6. The van der Waals surface area contributed by atoms with Gasteiger partial charge in [0.25, 0.3) is 0 Å². The highest BCUT2D eigenvalue weighted by Gasteiger charge is 2.48. The van der Waals surface area contributed by atoms with Gasteiger partial charge in [-0.2, -0.15) is 0 Å². The lowest BCUT2D eigenvalue weighted by molar-refractivity contribution is 0.896. The van der Waals surface area contributed by atoms with E-state index < -0.39 is 8.07 Å². The van der Waals surface area contributed by atoms with Crippen LogP contribution >= 0.6 is 0 Å². The Morgan fingerprint density at radius 2 is 0.698 bits per heavy atom. The Labute approximate surface area is 319 Å². The molecule has 1 heteroatoms. The van der Waals surface area contributed by atoms with Crippen molar-refractivity contribution in [1.82, 2.24) is 0 Å². The average molecular weight is 705 g/mol. The summed E-state index contributed by atoms with van der Waals surface area (Å²) in [5.41, 5.74) is 23.0. The molecule has 0 heterocycles. The molecule has 6 aromatic carbocycles. The van der Waals surface area contributed by atoms with Crippen molar-refractivity contribution in [3.63, 3.8) is 0 Å². The fraction of sp³-hybridized carbons (Fsp3) is 0.231. The largest absolute Gasteiger partial charge is 0.114 e. The van der Waals surface area contributed by atoms with E-state index in [-0.39, 0.29) is 0 Å². The smallest absolute Gasteiger partial charge is 0.0704 e. The van der Waals surface area contributed by atoms with Crippen LogP contribution in [0, 0.1) is 27.7 Å². The Morgan fingerprint density at radius 1 is 0.377 bits per heavy atom. The second-order valence-corrected chi connectivity index (χ2v) is 21.6. The average Bonchev–Trinajstić information content (AvgIpc) is 3.77. The molecule has 2 aliphatic carbocycles. The van der Waals surface area contributed by atoms with Gasteiger partial charge in [-0.15, -0.1) is 0 Å². The van der Waals surface area contributed by atoms with Gasteiger partial charge in [-0.05, 0) is 141 Å². The predicted octanol–water partition coefficient (Wildman–Crippen LogP) is 14.5. The normalized spacial score (nSPS) is 13.7. The van der Waals surface area contributed by atoms with Crippen LogP contribution in [0.15, 0.2) is 132 Å². The first-order valence-corrected chi connectivity index (χ1v) is 21.7. The van der Waals surface area contributed by atoms with Crippen molar-refractivity contribution in [3.05, 3.63) is 176 Å². The molecule has 264 valence electrons. The lowest BCUT2D eigenvalue weighted by Crippen LogP contribution is -2.46. The molecule has 6 aromatic rings. The number of hydrogen-bond donors (Lipinski definition) is 0. The zero-order valence-corrected chi connectivity index (χ0v) is 33.8. The molecule has 0 radical (unpaired) electrons. The molecule has 0 unspecified atom stereocenters. The number of hydrogen-bond acceptors (Lipinski definition) is 0. The van der Waals surface area contributed by atoms with Gasteiger partial charge in [-0.3, -0.25) is 0 Å². The van der Waals surface area contributed by atoms with Crippen LogP contribution in [0.3, 0.4) is 0 Å². The summed E-state index contributed by atoms with van der Waals surface area (Å²) in [6.45, 7) is 19.1. The molecule has 0 saturated heterocycles. The predicted molar refractivity (Wildman–Crippen MR) is 233 cm³/mol. The number of allylic oxidation sites excluding steroid dienone is 2. The molecule has 0 amide bonds. The van der Waals surface area contributed by atoms with E-state index in [1.165, 1.54) is 89.0 Å². The molecule has 0 atom stereocenters. The van der Waals surface area contributed by atoms with E-state index in [4.69, 9.17) is 0 Å². The lowest BCUT2D eigenvalue weighted by atomic mass is 9.87. The van der Waals surface area contributed by atoms with Crippen molar-refractivity contribution in [1.29, 1.82) is 0 Å². The summed E-state index contributed by atoms with van der Waals surface area (Å²) in [4.78, 5) is 0. The Morgan fingerprint density at radius 3 is 1.06 bits per heavy atom. The summed E-state index contributed by atoms with van der Waals surface area (Å²) >= 11 is 0. The van der Waals surface area contributed by atoms with Gasteiger partial charge >= 0.3 is 0 Å². The minimum absolute atomic E-state index is 0.569. The van der Waals surface area contributed by atoms with Crippen LogP contribution in [0.5, 0.6) is 0 Å². The van der Waals surface area contributed by atoms with Gasteiger partial charge in [0.05, 0.1) is 0 Å². The first-order valence-electron chi connectivity index (χ1n) is 19.6. The molecule has 0 aromatic heterocycles. The SMILES string of the molecule is Cc1cccc(C)c1-c1ccccc1-c1cccc2c1C=C([Si](C1=Cc3c(cccc3-c3ccccc3-c3c(C)cccc3C)C1)(C(C)C)C(C)C)C2. The quantitative estimate of drug-likeness (QED) is 0.138. The standard InChI is InChI=1S/C52H52Si/c1-33(2)53(34(3)4,41-29-39-21-15-27-45(49(39)31-41)43-23-9-11-25-47(43)51-35(5)17-13-18-36(51)6)42-30-40-22-16-28-46(50(40)32-42)44-24-10-12-26-48(44)52-37(7)19-14-20-38(52)8/h9-28,31-34H,29-30H2,1-8H3. The third-order valence-corrected chi connectivity index (χ3v) is 19.0. The fourth-order valence-corrected chi connectivity index (χ4v) is 16.9. The first kappa shape index (κ1) is 35.1. The van der Waals surface area contributed by atoms with Crippen molar-refractivity contribution >= 4 is 20.2 Å². The van der Waals surface area contributed by atoms with Crippen molar-refractivity contribution in [2.24, 2.45) is 0 Å². The van der Waals surface area contributed by atoms with Gasteiger partial charge in [0.15, 0.2) is 0 Å². The summed E-state index contributed by atoms with van der Waals surface area (Å²) in [5, 5.41) is 3.40. The van der Waals surface area contributed by atoms with Crippen molar-refractivity contribution in [3.8, 4) is 44.5 Å². The van der Waals surface area contributed by atoms with E-state index in [9.17, 15) is 0 Å². The zero-order valence-electron chi connectivity index (χ0n) is 32.8. The maximum absolute atomic E-state index is 2.67. The second-order valence-electron chi connectivity index (χ2n) is 16.3. The molecule has 0 spiro atoms. The maximum Gasteiger partial charge on any atom is 0.114 e. The highest BCUT2D eigenvalue weighted by Crippen LogP contribution is 2.53. The van der Waals surface area contributed by atoms with E-state index in [1.54, 1.807) is 10.4 Å². The summed E-state index contributed by atoms with van der Waals surface area (Å²) in [5.74, 6) is 0. The summed E-state index contributed by atoms with van der Waals surface area (Å²) in [6, 6.07) is 45.6. The molecule has 0 bridgehead atoms. The Kier molecular flexibility index (Phi) is 9.11. The first-order chi connectivity index (χ1) is 25.6. The molecule has 0 N–H and O–H groups in total. The summed E-state index contributed by atoms with van der Waals surface area (Å²) < 4.78 is 0. The molecule has 53 heavy (non-hydrogen) atoms. The molecule has 0 nitrogen and oxygen atoms in total. The van der Waals surface area contributed by atoms with Gasteiger partial charge in [-0.1, -0.05) is 172 Å². The highest BCUT2D eigenvalue weighted by molar-refractivity contribution is 6.96. The minimum atomic E-state index is -2.20. The van der Waals surface area contributed by atoms with Gasteiger partial charge in [0, 0.05) is 0 Å². The highest BCUT2D eigenvalue weighted by atomic mass is 28.3. The molecule has 0 aliphatic heterocycles. The molecule has 0 fully saturated rings. The van der Waals surface area contributed by atoms with Gasteiger partial charge < -0.3 is 0 Å². The van der Waals surface area contributed by atoms with Gasteiger partial charge in [0.2, 0.25) is 0 Å². The third kappa shape index (κ3) is 5.72. The van der Waals surface area contributed by atoms with Crippen LogP contribution in [0.25, 0.3) is 56.7 Å². The zero-order chi connectivity index (χ0) is 37.0. The number of aryl methyl sites for hydroxylation is 4. The van der Waals surface area contributed by atoms with Crippen LogP contribution in [0.1, 0.15) is 72.2 Å². The van der Waals surface area contributed by atoms with Crippen LogP contribution in [-0.4, -0.2) is 8.07 Å². The minimum Gasteiger partial charge on any atom is -0.0704 e. The van der Waals surface area contributed by atoms with E-state index in [0.717, 1.165) is 12.8 Å². The Bertz CT molecular complexity index is 2240. The maximum atomic E-state index is 2.67. The second kappa shape index (κ2) is 13.8. The van der Waals surface area contributed by atoms with Crippen LogP contribution in [-0.2, 0) is 12.8 Å². The summed E-state index contributed by atoms with van der Waals surface area (Å²) in [7, 11) is -2.20. The monoisotopic (exact) mass is 704 g/mol. The van der Waals surface area contributed by atoms with E-state index in [1.807, 2.05) is 0 Å². The van der Waals surface area contributed by atoms with Gasteiger partial charge in [0.1, 0.15) is 8.07 Å². The topological polar surface area (TPSA) is 0 Å².